The summed E-state index contributed by atoms with van der Waals surface area (Å²) in [5.41, 5.74) is 9.01. The molecule has 2 atom stereocenters. The predicted molar refractivity (Wildman–Crippen MR) is 113 cm³/mol. The summed E-state index contributed by atoms with van der Waals surface area (Å²) in [7, 11) is 0. The number of hydrogen-bond donors (Lipinski definition) is 0. The molecular weight excluding hydrogens is 573 g/mol. The molecule has 2 unspecified atom stereocenters. The van der Waals surface area contributed by atoms with Crippen LogP contribution in [0.4, 0.5) is 0 Å². The van der Waals surface area contributed by atoms with Gasteiger partial charge in [0.2, 0.25) is 0 Å². The first-order valence-electron chi connectivity index (χ1n) is 8.62. The summed E-state index contributed by atoms with van der Waals surface area (Å²) >= 11 is 0. The van der Waals surface area contributed by atoms with E-state index in [9.17, 15) is 0 Å². The van der Waals surface area contributed by atoms with Crippen molar-refractivity contribution in [2.24, 2.45) is 10.8 Å². The minimum atomic E-state index is 0. The fourth-order valence-electron chi connectivity index (χ4n) is 3.30. The van der Waals surface area contributed by atoms with Crippen molar-refractivity contribution in [1.29, 1.82) is 0 Å². The van der Waals surface area contributed by atoms with Crippen LogP contribution in [-0.4, -0.2) is 0 Å². The fraction of sp³-hybridized carbons (Fsp3) is 0.636. The standard InChI is InChI=1S/2C11H17.2ClH.U/c2*1-6-11(5)7-8(2)9(3)10(11)4;;;/h2*6H2,1-5H3;2*1H;/q2*-1;;;+2. The van der Waals surface area contributed by atoms with Gasteiger partial charge >= 0.3 is 31.1 Å². The van der Waals surface area contributed by atoms with Crippen LogP contribution in [0.2, 0.25) is 0 Å². The van der Waals surface area contributed by atoms with Gasteiger partial charge in [0, 0.05) is 0 Å². The van der Waals surface area contributed by atoms with Crippen molar-refractivity contribution >= 4 is 24.8 Å². The molecule has 0 nitrogen and oxygen atoms in total. The second kappa shape index (κ2) is 11.4. The van der Waals surface area contributed by atoms with Crippen molar-refractivity contribution in [3.8, 4) is 0 Å². The van der Waals surface area contributed by atoms with Crippen LogP contribution >= 0.6 is 24.8 Å². The maximum atomic E-state index is 3.52. The molecule has 0 radical (unpaired) electrons. The van der Waals surface area contributed by atoms with E-state index in [4.69, 9.17) is 0 Å². The Hall–Kier alpha value is 0.592. The monoisotopic (exact) mass is 608 g/mol. The Labute approximate surface area is 193 Å². The van der Waals surface area contributed by atoms with Crippen LogP contribution in [0.1, 0.15) is 82.1 Å². The molecule has 0 aromatic heterocycles. The first-order valence-corrected chi connectivity index (χ1v) is 8.62. The molecule has 0 saturated carbocycles. The van der Waals surface area contributed by atoms with Crippen molar-refractivity contribution in [2.75, 3.05) is 0 Å². The summed E-state index contributed by atoms with van der Waals surface area (Å²) in [5.74, 6) is 0. The summed E-state index contributed by atoms with van der Waals surface area (Å²) in [6.45, 7) is 22.1. The van der Waals surface area contributed by atoms with E-state index in [2.05, 4.69) is 81.4 Å². The second-order valence-corrected chi connectivity index (χ2v) is 7.37. The Bertz CT molecular complexity index is 529. The van der Waals surface area contributed by atoms with E-state index < -0.39 is 0 Å². The van der Waals surface area contributed by atoms with E-state index in [1.807, 2.05) is 0 Å². The van der Waals surface area contributed by atoms with Gasteiger partial charge in [-0.25, -0.2) is 11.1 Å². The largest absolute Gasteiger partial charge is 2.00 e. The Morgan fingerprint density at radius 1 is 0.640 bits per heavy atom. The fourth-order valence-corrected chi connectivity index (χ4v) is 3.30. The van der Waals surface area contributed by atoms with E-state index in [0.717, 1.165) is 12.8 Å². The maximum absolute atomic E-state index is 3.52. The van der Waals surface area contributed by atoms with Gasteiger partial charge in [-0.2, -0.15) is 22.3 Å². The molecule has 3 heteroatoms. The van der Waals surface area contributed by atoms with Gasteiger partial charge in [-0.3, -0.25) is 12.2 Å². The van der Waals surface area contributed by atoms with Gasteiger partial charge in [-0.15, -0.1) is 38.7 Å². The molecule has 2 rings (SSSR count). The zero-order valence-electron chi connectivity index (χ0n) is 17.7. The summed E-state index contributed by atoms with van der Waals surface area (Å²) in [4.78, 5) is 0. The average Bonchev–Trinajstić information content (AvgIpc) is 2.81. The molecule has 0 aliphatic heterocycles. The van der Waals surface area contributed by atoms with Gasteiger partial charge in [-0.05, 0) is 0 Å². The van der Waals surface area contributed by atoms with Crippen molar-refractivity contribution in [3.05, 3.63) is 45.6 Å². The second-order valence-electron chi connectivity index (χ2n) is 7.37. The quantitative estimate of drug-likeness (QED) is 0.280. The van der Waals surface area contributed by atoms with E-state index in [1.54, 1.807) is 0 Å². The molecule has 0 N–H and O–H groups in total. The third-order valence-corrected chi connectivity index (χ3v) is 6.25. The van der Waals surface area contributed by atoms with Crippen LogP contribution in [0.15, 0.2) is 33.4 Å². The van der Waals surface area contributed by atoms with Crippen LogP contribution in [-0.2, 0) is 0 Å². The Kier molecular flexibility index (Phi) is 13.9. The molecule has 0 spiro atoms. The molecule has 25 heavy (non-hydrogen) atoms. The number of halogens is 2. The smallest absolute Gasteiger partial charge is 0.263 e. The zero-order valence-corrected chi connectivity index (χ0v) is 23.5. The van der Waals surface area contributed by atoms with Gasteiger partial charge < -0.3 is 0 Å². The SMILES string of the molecule is CCC1(C)[C-]=C(C)C(C)=C1C.CCC1(C)[C-]=C(C)C(C)=C1C.Cl.Cl.[U+2]. The van der Waals surface area contributed by atoms with Crippen molar-refractivity contribution < 1.29 is 31.1 Å². The molecule has 0 fully saturated rings. The van der Waals surface area contributed by atoms with Crippen LogP contribution in [0.5, 0.6) is 0 Å². The van der Waals surface area contributed by atoms with Crippen LogP contribution < -0.4 is 0 Å². The first-order chi connectivity index (χ1) is 10.0. The molecule has 0 bridgehead atoms. The van der Waals surface area contributed by atoms with Crippen LogP contribution in [0, 0.1) is 54.1 Å². The predicted octanol–water partition coefficient (Wildman–Crippen LogP) is 7.85. The minimum Gasteiger partial charge on any atom is -0.263 e. The average molecular weight is 609 g/mol. The normalized spacial score (nSPS) is 27.4. The molecule has 2 aliphatic carbocycles. The van der Waals surface area contributed by atoms with Gasteiger partial charge in [0.25, 0.3) is 0 Å². The summed E-state index contributed by atoms with van der Waals surface area (Å²) in [5, 5.41) is 0. The minimum absolute atomic E-state index is 0. The van der Waals surface area contributed by atoms with Crippen LogP contribution in [0.25, 0.3) is 0 Å². The van der Waals surface area contributed by atoms with E-state index in [-0.39, 0.29) is 66.8 Å². The van der Waals surface area contributed by atoms with Crippen molar-refractivity contribution in [3.63, 3.8) is 0 Å². The number of rotatable bonds is 2. The number of hydrogen-bond acceptors (Lipinski definition) is 0. The molecule has 2 aliphatic rings. The van der Waals surface area contributed by atoms with E-state index >= 15 is 0 Å². The van der Waals surface area contributed by atoms with Gasteiger partial charge in [-0.1, -0.05) is 79.1 Å². The van der Waals surface area contributed by atoms with Gasteiger partial charge in [0.1, 0.15) is 0 Å². The Balaban J connectivity index is -0.000000346. The first kappa shape index (κ1) is 30.3. The van der Waals surface area contributed by atoms with Crippen molar-refractivity contribution in [1.82, 2.24) is 0 Å². The summed E-state index contributed by atoms with van der Waals surface area (Å²) in [6.07, 6.45) is 9.36. The van der Waals surface area contributed by atoms with Gasteiger partial charge in [0.15, 0.2) is 0 Å². The molecule has 0 heterocycles. The molecular formula is C22H36Cl2U. The maximum Gasteiger partial charge on any atom is 2.00 e. The third-order valence-electron chi connectivity index (χ3n) is 6.25. The van der Waals surface area contributed by atoms with Crippen LogP contribution in [0.3, 0.4) is 0 Å². The van der Waals surface area contributed by atoms with Crippen molar-refractivity contribution in [2.45, 2.75) is 82.1 Å². The van der Waals surface area contributed by atoms with Gasteiger partial charge in [0.05, 0.1) is 0 Å². The molecule has 0 aromatic rings. The molecule has 0 amide bonds. The van der Waals surface area contributed by atoms with E-state index in [1.165, 1.54) is 33.4 Å². The van der Waals surface area contributed by atoms with E-state index in [0.29, 0.717) is 0 Å². The Morgan fingerprint density at radius 3 is 0.960 bits per heavy atom. The molecule has 142 valence electrons. The third kappa shape index (κ3) is 6.31. The number of allylic oxidation sites excluding steroid dienone is 8. The summed E-state index contributed by atoms with van der Waals surface area (Å²) < 4.78 is 0. The topological polar surface area (TPSA) is 0 Å². The summed E-state index contributed by atoms with van der Waals surface area (Å²) in [6, 6.07) is 0. The molecule has 0 saturated heterocycles. The zero-order chi connectivity index (χ0) is 17.3. The molecule has 0 aromatic carbocycles. The Morgan fingerprint density at radius 2 is 0.880 bits per heavy atom.